The third-order valence-corrected chi connectivity index (χ3v) is 2.44. The van der Waals surface area contributed by atoms with E-state index in [-0.39, 0.29) is 19.8 Å². The van der Waals surface area contributed by atoms with Crippen molar-refractivity contribution in [2.75, 3.05) is 39.6 Å². The number of hydrogen-bond acceptors (Lipinski definition) is 6. The molecule has 0 aliphatic heterocycles. The Morgan fingerprint density at radius 1 is 0.650 bits per heavy atom. The zero-order chi connectivity index (χ0) is 14.9. The maximum atomic E-state index is 8.69. The van der Waals surface area contributed by atoms with Gasteiger partial charge in [0.15, 0.2) is 6.26 Å². The molecule has 0 heterocycles. The minimum absolute atomic E-state index is 0.150. The van der Waals surface area contributed by atoms with E-state index in [1.165, 1.54) is 6.26 Å². The summed E-state index contributed by atoms with van der Waals surface area (Å²) in [7, 11) is 0. The summed E-state index contributed by atoms with van der Waals surface area (Å²) in [5, 5.41) is 26.0. The number of rotatable bonds is 15. The van der Waals surface area contributed by atoms with Gasteiger partial charge >= 0.3 is 5.95 Å². The zero-order valence-electron chi connectivity index (χ0n) is 12.1. The second kappa shape index (κ2) is 16.1. The number of aliphatic hydroxyl groups is 3. The molecular formula is C14H28O6. The van der Waals surface area contributed by atoms with Crippen LogP contribution in [0.4, 0.5) is 0 Å². The highest BCUT2D eigenvalue weighted by atomic mass is 16.7. The molecule has 0 rings (SSSR count). The Labute approximate surface area is 121 Å². The first-order chi connectivity index (χ1) is 9.85. The van der Waals surface area contributed by atoms with Crippen molar-refractivity contribution in [1.29, 1.82) is 0 Å². The fourth-order valence-corrected chi connectivity index (χ4v) is 1.31. The van der Waals surface area contributed by atoms with E-state index in [0.717, 1.165) is 19.3 Å². The van der Waals surface area contributed by atoms with Crippen LogP contribution in [0.2, 0.25) is 0 Å². The summed E-state index contributed by atoms with van der Waals surface area (Å²) in [5.74, 6) is 0.324. The largest absolute Gasteiger partial charge is 0.494 e. The summed E-state index contributed by atoms with van der Waals surface area (Å²) in [6.45, 7) is 1.90. The molecule has 6 nitrogen and oxygen atoms in total. The lowest BCUT2D eigenvalue weighted by molar-refractivity contribution is 0.0167. The van der Waals surface area contributed by atoms with E-state index in [1.54, 1.807) is 0 Å². The number of ether oxygens (including phenoxy) is 3. The molecule has 0 radical (unpaired) electrons. The molecule has 0 aliphatic carbocycles. The average Bonchev–Trinajstić information content (AvgIpc) is 2.47. The quantitative estimate of drug-likeness (QED) is 0.310. The lowest BCUT2D eigenvalue weighted by Crippen LogP contribution is -2.04. The summed E-state index contributed by atoms with van der Waals surface area (Å²) < 4.78 is 16.1. The molecule has 0 aromatic carbocycles. The summed E-state index contributed by atoms with van der Waals surface area (Å²) >= 11 is 0. The molecule has 0 aromatic heterocycles. The Balaban J connectivity index is 3.86. The van der Waals surface area contributed by atoms with Crippen molar-refractivity contribution >= 4 is 0 Å². The molecule has 0 fully saturated rings. The highest BCUT2D eigenvalue weighted by Gasteiger charge is 2.01. The van der Waals surface area contributed by atoms with E-state index >= 15 is 0 Å². The second-order valence-electron chi connectivity index (χ2n) is 4.30. The maximum absolute atomic E-state index is 8.69. The number of aliphatic hydroxyl groups excluding tert-OH is 3. The zero-order valence-corrected chi connectivity index (χ0v) is 12.1. The van der Waals surface area contributed by atoms with Crippen LogP contribution in [-0.4, -0.2) is 55.0 Å². The van der Waals surface area contributed by atoms with E-state index in [2.05, 4.69) is 0 Å². The second-order valence-corrected chi connectivity index (χ2v) is 4.30. The van der Waals surface area contributed by atoms with Crippen LogP contribution in [-0.2, 0) is 14.2 Å². The third-order valence-electron chi connectivity index (χ3n) is 2.44. The molecule has 6 heteroatoms. The fourth-order valence-electron chi connectivity index (χ4n) is 1.31. The van der Waals surface area contributed by atoms with Gasteiger partial charge in [0.1, 0.15) is 0 Å². The Morgan fingerprint density at radius 2 is 1.10 bits per heavy atom. The van der Waals surface area contributed by atoms with Crippen molar-refractivity contribution in [1.82, 2.24) is 0 Å². The minimum atomic E-state index is 0.150. The molecule has 0 saturated carbocycles. The molecule has 3 N–H and O–H groups in total. The van der Waals surface area contributed by atoms with Crippen LogP contribution in [0, 0.1) is 0 Å². The van der Waals surface area contributed by atoms with Crippen LogP contribution in [0.15, 0.2) is 12.2 Å². The molecule has 0 bridgehead atoms. The van der Waals surface area contributed by atoms with E-state index in [1.807, 2.05) is 0 Å². The van der Waals surface area contributed by atoms with Gasteiger partial charge in [-0.2, -0.15) is 0 Å². The molecule has 0 atom stereocenters. The lowest BCUT2D eigenvalue weighted by atomic mass is 10.3. The van der Waals surface area contributed by atoms with Crippen LogP contribution in [0.25, 0.3) is 0 Å². The average molecular weight is 292 g/mol. The van der Waals surface area contributed by atoms with E-state index in [4.69, 9.17) is 29.5 Å². The fraction of sp³-hybridized carbons (Fsp3) is 0.857. The van der Waals surface area contributed by atoms with Crippen LogP contribution in [0.3, 0.4) is 0 Å². The lowest BCUT2D eigenvalue weighted by Gasteiger charge is -2.12. The highest BCUT2D eigenvalue weighted by molar-refractivity contribution is 4.76. The van der Waals surface area contributed by atoms with Crippen molar-refractivity contribution in [3.63, 3.8) is 0 Å². The first-order valence-electron chi connectivity index (χ1n) is 7.25. The molecule has 0 unspecified atom stereocenters. The molecule has 120 valence electrons. The number of unbranched alkanes of at least 4 members (excludes halogenated alkanes) is 3. The van der Waals surface area contributed by atoms with Crippen LogP contribution in [0.1, 0.15) is 38.5 Å². The van der Waals surface area contributed by atoms with Gasteiger partial charge in [-0.1, -0.05) is 0 Å². The van der Waals surface area contributed by atoms with Gasteiger partial charge < -0.3 is 29.5 Å². The van der Waals surface area contributed by atoms with Crippen molar-refractivity contribution in [3.8, 4) is 0 Å². The van der Waals surface area contributed by atoms with Gasteiger partial charge in [-0.25, -0.2) is 0 Å². The molecular weight excluding hydrogens is 264 g/mol. The Kier molecular flexibility index (Phi) is 15.3. The predicted molar refractivity (Wildman–Crippen MR) is 74.9 cm³/mol. The Bertz CT molecular complexity index is 206. The normalized spacial score (nSPS) is 10.2. The maximum Gasteiger partial charge on any atom is 0.315 e. The highest BCUT2D eigenvalue weighted by Crippen LogP contribution is 2.05. The van der Waals surface area contributed by atoms with Gasteiger partial charge in [0.25, 0.3) is 0 Å². The summed E-state index contributed by atoms with van der Waals surface area (Å²) in [4.78, 5) is 0. The van der Waals surface area contributed by atoms with Gasteiger partial charge in [-0.05, 0) is 38.5 Å². The van der Waals surface area contributed by atoms with Crippen molar-refractivity contribution in [2.45, 2.75) is 38.5 Å². The molecule has 0 amide bonds. The van der Waals surface area contributed by atoms with Crippen LogP contribution < -0.4 is 0 Å². The minimum Gasteiger partial charge on any atom is -0.494 e. The monoisotopic (exact) mass is 292 g/mol. The van der Waals surface area contributed by atoms with Gasteiger partial charge in [0.2, 0.25) is 0 Å². The first-order valence-corrected chi connectivity index (χ1v) is 7.25. The smallest absolute Gasteiger partial charge is 0.315 e. The Hall–Kier alpha value is -0.980. The molecule has 0 aliphatic rings. The predicted octanol–water partition coefficient (Wildman–Crippen LogP) is 1.15. The van der Waals surface area contributed by atoms with Crippen molar-refractivity contribution in [2.24, 2.45) is 0 Å². The SMILES string of the molecule is OCCCCOC=C(OCCCCO)OCCCCO. The molecule has 0 saturated heterocycles. The van der Waals surface area contributed by atoms with E-state index in [9.17, 15) is 0 Å². The Morgan fingerprint density at radius 3 is 1.55 bits per heavy atom. The van der Waals surface area contributed by atoms with Crippen molar-refractivity contribution in [3.05, 3.63) is 12.2 Å². The molecule has 0 aromatic rings. The summed E-state index contributed by atoms with van der Waals surface area (Å²) in [5.41, 5.74) is 0. The summed E-state index contributed by atoms with van der Waals surface area (Å²) in [6, 6.07) is 0. The van der Waals surface area contributed by atoms with Gasteiger partial charge in [0, 0.05) is 19.8 Å². The van der Waals surface area contributed by atoms with E-state index in [0.29, 0.717) is 45.0 Å². The third kappa shape index (κ3) is 13.5. The van der Waals surface area contributed by atoms with Gasteiger partial charge in [-0.3, -0.25) is 0 Å². The number of hydrogen-bond donors (Lipinski definition) is 3. The molecule has 20 heavy (non-hydrogen) atoms. The van der Waals surface area contributed by atoms with Crippen LogP contribution >= 0.6 is 0 Å². The summed E-state index contributed by atoms with van der Waals surface area (Å²) in [6.07, 6.45) is 5.80. The first kappa shape index (κ1) is 19.0. The standard InChI is InChI=1S/C14H28O6/c15-7-1-4-10-18-13-14(19-11-5-2-8-16)20-12-6-3-9-17/h13,15-17H,1-12H2. The van der Waals surface area contributed by atoms with Gasteiger partial charge in [0.05, 0.1) is 19.8 Å². The van der Waals surface area contributed by atoms with Crippen LogP contribution in [0.5, 0.6) is 0 Å². The topological polar surface area (TPSA) is 88.4 Å². The van der Waals surface area contributed by atoms with Crippen molar-refractivity contribution < 1.29 is 29.5 Å². The molecule has 0 spiro atoms. The van der Waals surface area contributed by atoms with Gasteiger partial charge in [-0.15, -0.1) is 0 Å². The van der Waals surface area contributed by atoms with E-state index < -0.39 is 0 Å².